The molecule has 2 rings (SSSR count). The predicted molar refractivity (Wildman–Crippen MR) is 126 cm³/mol. The van der Waals surface area contributed by atoms with Crippen molar-refractivity contribution in [2.75, 3.05) is 0 Å². The smallest absolute Gasteiger partial charge is 0.328 e. The van der Waals surface area contributed by atoms with Gasteiger partial charge in [-0.15, -0.1) is 0 Å². The number of ether oxygens (including phenoxy) is 2. The molecule has 1 aromatic carbocycles. The Labute approximate surface area is 217 Å². The highest BCUT2D eigenvalue weighted by molar-refractivity contribution is 5.92. The molecule has 0 aliphatic carbocycles. The summed E-state index contributed by atoms with van der Waals surface area (Å²) in [5, 5.41) is 62.6. The normalized spacial score (nSPS) is 26.4. The van der Waals surface area contributed by atoms with Crippen molar-refractivity contribution in [3.63, 3.8) is 0 Å². The van der Waals surface area contributed by atoms with Crippen LogP contribution in [-0.4, -0.2) is 109 Å². The number of amides is 2. The highest BCUT2D eigenvalue weighted by Gasteiger charge is 2.44. The Kier molecular flexibility index (Phi) is 10.9. The lowest BCUT2D eigenvalue weighted by atomic mass is 10.00. The number of aliphatic hydroxyl groups is 3. The molecule has 1 saturated heterocycles. The molecule has 0 bridgehead atoms. The molecule has 2 amide bonds. The maximum Gasteiger partial charge on any atom is 0.328 e. The molecule has 10 N–H and O–H groups in total. The molecular weight excluding hydrogens is 510 g/mol. The average Bonchev–Trinajstić information content (AvgIpc) is 2.84. The number of phenolic OH excluding ortho intramolecular Hbond substituents is 1. The molecule has 212 valence electrons. The first-order valence-corrected chi connectivity index (χ1v) is 11.6. The van der Waals surface area contributed by atoms with E-state index in [0.29, 0.717) is 5.56 Å². The molecule has 1 aliphatic rings. The van der Waals surface area contributed by atoms with Crippen LogP contribution in [0, 0.1) is 0 Å². The van der Waals surface area contributed by atoms with Crippen molar-refractivity contribution in [2.24, 2.45) is 5.73 Å². The van der Waals surface area contributed by atoms with E-state index < -0.39 is 85.1 Å². The predicted octanol–water partition coefficient (Wildman–Crippen LogP) is -2.98. The Hall–Kier alpha value is -3.34. The van der Waals surface area contributed by atoms with Crippen LogP contribution in [0.15, 0.2) is 24.3 Å². The van der Waals surface area contributed by atoms with Gasteiger partial charge in [0, 0.05) is 6.42 Å². The van der Waals surface area contributed by atoms with Crippen molar-refractivity contribution >= 4 is 23.8 Å². The Balaban J connectivity index is 2.18. The number of carboxylic acids is 2. The zero-order chi connectivity index (χ0) is 28.7. The van der Waals surface area contributed by atoms with Crippen LogP contribution in [0.1, 0.15) is 25.8 Å². The molecule has 15 heteroatoms. The first kappa shape index (κ1) is 30.9. The number of hydrogen-bond acceptors (Lipinski definition) is 11. The number of phenols is 1. The van der Waals surface area contributed by atoms with Crippen molar-refractivity contribution < 1.29 is 59.3 Å². The molecule has 1 aliphatic heterocycles. The molecule has 9 atom stereocenters. The highest BCUT2D eigenvalue weighted by Crippen LogP contribution is 2.23. The number of carbonyl (C=O) groups excluding carboxylic acids is 2. The van der Waals surface area contributed by atoms with Crippen molar-refractivity contribution in [1.82, 2.24) is 10.6 Å². The van der Waals surface area contributed by atoms with Crippen molar-refractivity contribution in [3.05, 3.63) is 29.8 Å². The van der Waals surface area contributed by atoms with Gasteiger partial charge in [-0.3, -0.25) is 14.4 Å². The summed E-state index contributed by atoms with van der Waals surface area (Å²) >= 11 is 0. The lowest BCUT2D eigenvalue weighted by molar-refractivity contribution is -0.304. The standard InChI is InChI=1S/C23H33N3O12/c1-9(37-23-19(31)18(30)17(29)10(2)38-23)16(22(35)36)26-20(32)14(7-11-3-5-12(27)6-4-11)25-15(28)8-13(24)21(33)34/h3-6,9-10,13-14,16-19,23,27,29-31H,7-8,24H2,1-2H3,(H,25,28)(H,26,32)(H,33,34)(H,35,36)/t9-,10+,13+,14+,16+,17-,18-,19+,23-/m1/s1. The fourth-order valence-electron chi connectivity index (χ4n) is 3.67. The van der Waals surface area contributed by atoms with Gasteiger partial charge in [-0.2, -0.15) is 0 Å². The number of nitrogens with one attached hydrogen (secondary N) is 2. The zero-order valence-corrected chi connectivity index (χ0v) is 20.6. The number of carboxylic acid groups (broad SMARTS) is 2. The molecule has 0 saturated carbocycles. The average molecular weight is 544 g/mol. The minimum Gasteiger partial charge on any atom is -0.508 e. The SMILES string of the molecule is C[C@@H]1O[C@@H](O[C@H](C)[C@H](NC(=O)[C@H](Cc2ccc(O)cc2)NC(=O)C[C@H](N)C(=O)O)C(=O)O)[C@@H](O)[C@H](O)[C@@H]1O. The quantitative estimate of drug-likeness (QED) is 0.128. The summed E-state index contributed by atoms with van der Waals surface area (Å²) in [5.74, 6) is -4.87. The number of rotatable bonds is 12. The van der Waals surface area contributed by atoms with E-state index in [9.17, 15) is 44.7 Å². The fraction of sp³-hybridized carbons (Fsp3) is 0.565. The third-order valence-corrected chi connectivity index (χ3v) is 5.94. The summed E-state index contributed by atoms with van der Waals surface area (Å²) in [4.78, 5) is 48.4. The minimum absolute atomic E-state index is 0.0535. The summed E-state index contributed by atoms with van der Waals surface area (Å²) in [7, 11) is 0. The van der Waals surface area contributed by atoms with Crippen LogP contribution in [0.2, 0.25) is 0 Å². The minimum atomic E-state index is -1.72. The van der Waals surface area contributed by atoms with Gasteiger partial charge in [0.2, 0.25) is 11.8 Å². The Bertz CT molecular complexity index is 990. The largest absolute Gasteiger partial charge is 0.508 e. The van der Waals surface area contributed by atoms with Crippen LogP contribution >= 0.6 is 0 Å². The van der Waals surface area contributed by atoms with E-state index in [1.165, 1.54) is 38.1 Å². The second-order valence-electron chi connectivity index (χ2n) is 8.99. The molecule has 0 radical (unpaired) electrons. The molecule has 0 aromatic heterocycles. The second kappa shape index (κ2) is 13.5. The zero-order valence-electron chi connectivity index (χ0n) is 20.6. The molecule has 1 aromatic rings. The second-order valence-corrected chi connectivity index (χ2v) is 8.99. The Morgan fingerprint density at radius 1 is 1.00 bits per heavy atom. The first-order valence-electron chi connectivity index (χ1n) is 11.6. The maximum atomic E-state index is 13.1. The van der Waals surface area contributed by atoms with E-state index in [-0.39, 0.29) is 12.2 Å². The summed E-state index contributed by atoms with van der Waals surface area (Å²) in [6.45, 7) is 2.67. The molecule has 38 heavy (non-hydrogen) atoms. The third kappa shape index (κ3) is 8.34. The molecule has 0 spiro atoms. The van der Waals surface area contributed by atoms with Gasteiger partial charge in [0.25, 0.3) is 0 Å². The monoisotopic (exact) mass is 543 g/mol. The summed E-state index contributed by atoms with van der Waals surface area (Å²) < 4.78 is 10.8. The van der Waals surface area contributed by atoms with Gasteiger partial charge in [-0.25, -0.2) is 4.79 Å². The maximum absolute atomic E-state index is 13.1. The van der Waals surface area contributed by atoms with Crippen molar-refractivity contribution in [1.29, 1.82) is 0 Å². The van der Waals surface area contributed by atoms with Gasteiger partial charge in [-0.05, 0) is 31.5 Å². The number of aromatic hydroxyl groups is 1. The Morgan fingerprint density at radius 3 is 2.16 bits per heavy atom. The lowest BCUT2D eigenvalue weighted by Gasteiger charge is -2.40. The van der Waals surface area contributed by atoms with Crippen LogP contribution in [0.5, 0.6) is 5.75 Å². The highest BCUT2D eigenvalue weighted by atomic mass is 16.7. The summed E-state index contributed by atoms with van der Waals surface area (Å²) in [6, 6.07) is 0.968. The number of aliphatic carboxylic acids is 2. The number of carbonyl (C=O) groups is 4. The molecule has 1 heterocycles. The lowest BCUT2D eigenvalue weighted by Crippen LogP contribution is -2.60. The number of nitrogens with two attached hydrogens (primary N) is 1. The van der Waals surface area contributed by atoms with Gasteiger partial charge < -0.3 is 56.5 Å². The van der Waals surface area contributed by atoms with Gasteiger partial charge in [-0.1, -0.05) is 12.1 Å². The van der Waals surface area contributed by atoms with Crippen LogP contribution < -0.4 is 16.4 Å². The molecular formula is C23H33N3O12. The molecule has 15 nitrogen and oxygen atoms in total. The first-order chi connectivity index (χ1) is 17.7. The van der Waals surface area contributed by atoms with Crippen LogP contribution in [0.3, 0.4) is 0 Å². The molecule has 1 fully saturated rings. The van der Waals surface area contributed by atoms with E-state index in [2.05, 4.69) is 10.6 Å². The van der Waals surface area contributed by atoms with E-state index in [0.717, 1.165) is 0 Å². The summed E-state index contributed by atoms with van der Waals surface area (Å²) in [5.41, 5.74) is 5.85. The van der Waals surface area contributed by atoms with E-state index >= 15 is 0 Å². The van der Waals surface area contributed by atoms with Crippen LogP contribution in [0.4, 0.5) is 0 Å². The van der Waals surface area contributed by atoms with Crippen molar-refractivity contribution in [3.8, 4) is 5.75 Å². The third-order valence-electron chi connectivity index (χ3n) is 5.94. The van der Waals surface area contributed by atoms with Gasteiger partial charge in [0.1, 0.15) is 36.1 Å². The van der Waals surface area contributed by atoms with Gasteiger partial charge >= 0.3 is 11.9 Å². The van der Waals surface area contributed by atoms with Crippen LogP contribution in [-0.2, 0) is 35.1 Å². The number of benzene rings is 1. The van der Waals surface area contributed by atoms with E-state index in [4.69, 9.17) is 20.3 Å². The number of aliphatic hydroxyl groups excluding tert-OH is 3. The fourth-order valence-corrected chi connectivity index (χ4v) is 3.67. The topological polar surface area (TPSA) is 258 Å². The Morgan fingerprint density at radius 2 is 1.61 bits per heavy atom. The number of hydrogen-bond donors (Lipinski definition) is 9. The van der Waals surface area contributed by atoms with Crippen LogP contribution in [0.25, 0.3) is 0 Å². The summed E-state index contributed by atoms with van der Waals surface area (Å²) in [6.07, 6.45) is -9.38. The van der Waals surface area contributed by atoms with Gasteiger partial charge in [0.15, 0.2) is 12.3 Å². The van der Waals surface area contributed by atoms with E-state index in [1.54, 1.807) is 0 Å². The van der Waals surface area contributed by atoms with Gasteiger partial charge in [0.05, 0.1) is 18.6 Å². The van der Waals surface area contributed by atoms with Crippen molar-refractivity contribution in [2.45, 2.75) is 81.6 Å². The molecule has 0 unspecified atom stereocenters. The van der Waals surface area contributed by atoms with E-state index in [1.807, 2.05) is 0 Å².